The number of ether oxygens (including phenoxy) is 2. The third-order valence-electron chi connectivity index (χ3n) is 8.90. The molecular formula is C36H50N4O3. The smallest absolute Gasteiger partial charge is 0.251 e. The Labute approximate surface area is 258 Å². The van der Waals surface area contributed by atoms with E-state index in [9.17, 15) is 4.79 Å². The van der Waals surface area contributed by atoms with Crippen LogP contribution in [0.5, 0.6) is 5.75 Å². The number of nitrogens with zero attached hydrogens (tertiary/aromatic N) is 2. The molecule has 0 bridgehead atoms. The molecule has 1 aliphatic carbocycles. The highest BCUT2D eigenvalue weighted by Crippen LogP contribution is 2.36. The minimum absolute atomic E-state index is 0.0770. The molecule has 1 saturated carbocycles. The fourth-order valence-corrected chi connectivity index (χ4v) is 6.41. The average Bonchev–Trinajstić information content (AvgIpc) is 2.98. The van der Waals surface area contributed by atoms with Crippen LogP contribution in [0.2, 0.25) is 0 Å². The molecule has 1 heterocycles. The van der Waals surface area contributed by atoms with Crippen molar-refractivity contribution >= 4 is 11.6 Å². The summed E-state index contributed by atoms with van der Waals surface area (Å²) in [7, 11) is 6.03. The maximum absolute atomic E-state index is 13.9. The Bertz CT molecular complexity index is 1350. The van der Waals surface area contributed by atoms with Gasteiger partial charge in [-0.1, -0.05) is 18.7 Å². The molecule has 1 fully saturated rings. The first-order valence-corrected chi connectivity index (χ1v) is 15.5. The SMILES string of the molecule is C=C1NC(C)=CC(C)=C1CNC(=O)c1cc(-c2ccc(OCCOC)cc2)cc(N(CC)[C@H]2CC[C@H](N(C)C)CC2)c1C. The zero-order valence-electron chi connectivity index (χ0n) is 27.2. The Balaban J connectivity index is 1.67. The summed E-state index contributed by atoms with van der Waals surface area (Å²) < 4.78 is 10.9. The standard InChI is InChI=1S/C36H50N4O3/c1-9-40(31-14-12-30(13-15-31)39(6)7)35-22-29(28-10-16-32(17-11-28)43-19-18-42-8)21-33(26(35)4)36(41)37-23-34-24(2)20-25(3)38-27(34)5/h10-11,16-17,20-22,30-31,38H,5,9,12-15,18-19,23H2,1-4,6-8H3,(H,37,41)/t30-,31-. The van der Waals surface area contributed by atoms with Crippen LogP contribution in [-0.4, -0.2) is 70.4 Å². The van der Waals surface area contributed by atoms with Crippen LogP contribution in [0.1, 0.15) is 62.4 Å². The van der Waals surface area contributed by atoms with Crippen molar-refractivity contribution in [2.45, 2.75) is 65.5 Å². The maximum atomic E-state index is 13.9. The summed E-state index contributed by atoms with van der Waals surface area (Å²) >= 11 is 0. The third kappa shape index (κ3) is 7.89. The van der Waals surface area contributed by atoms with Crippen molar-refractivity contribution in [2.24, 2.45) is 0 Å². The van der Waals surface area contributed by atoms with E-state index in [2.05, 4.69) is 86.2 Å². The van der Waals surface area contributed by atoms with Crippen LogP contribution in [0.4, 0.5) is 5.69 Å². The number of allylic oxidation sites excluding steroid dienone is 3. The fraction of sp³-hybridized carbons (Fsp3) is 0.472. The predicted octanol–water partition coefficient (Wildman–Crippen LogP) is 6.45. The van der Waals surface area contributed by atoms with Gasteiger partial charge in [0, 0.05) is 54.9 Å². The van der Waals surface area contributed by atoms with Crippen LogP contribution in [0.25, 0.3) is 11.1 Å². The van der Waals surface area contributed by atoms with Crippen LogP contribution in [-0.2, 0) is 4.74 Å². The van der Waals surface area contributed by atoms with E-state index in [-0.39, 0.29) is 5.91 Å². The Morgan fingerprint density at radius 3 is 2.28 bits per heavy atom. The quantitative estimate of drug-likeness (QED) is 0.279. The molecule has 43 heavy (non-hydrogen) atoms. The van der Waals surface area contributed by atoms with E-state index in [0.717, 1.165) is 70.1 Å². The number of carbonyl (C=O) groups is 1. The van der Waals surface area contributed by atoms with Crippen molar-refractivity contribution in [1.29, 1.82) is 0 Å². The molecule has 232 valence electrons. The van der Waals surface area contributed by atoms with E-state index in [0.29, 0.717) is 37.4 Å². The molecule has 2 N–H and O–H groups in total. The van der Waals surface area contributed by atoms with Gasteiger partial charge in [0.1, 0.15) is 12.4 Å². The van der Waals surface area contributed by atoms with Gasteiger partial charge in [-0.2, -0.15) is 0 Å². The normalized spacial score (nSPS) is 18.8. The number of nitrogens with one attached hydrogen (secondary N) is 2. The molecule has 0 unspecified atom stereocenters. The van der Waals surface area contributed by atoms with Crippen molar-refractivity contribution in [1.82, 2.24) is 15.5 Å². The molecule has 2 aliphatic rings. The fourth-order valence-electron chi connectivity index (χ4n) is 6.41. The molecule has 4 rings (SSSR count). The highest BCUT2D eigenvalue weighted by molar-refractivity contribution is 5.99. The highest BCUT2D eigenvalue weighted by atomic mass is 16.5. The summed E-state index contributed by atoms with van der Waals surface area (Å²) in [6, 6.07) is 13.5. The molecule has 2 aromatic rings. The first kappa shape index (κ1) is 32.4. The molecule has 0 saturated heterocycles. The molecule has 0 aromatic heterocycles. The molecular weight excluding hydrogens is 536 g/mol. The van der Waals surface area contributed by atoms with E-state index >= 15 is 0 Å². The number of methoxy groups -OCH3 is 1. The lowest BCUT2D eigenvalue weighted by Crippen LogP contribution is -2.42. The van der Waals surface area contributed by atoms with E-state index in [4.69, 9.17) is 9.47 Å². The Kier molecular flexibility index (Phi) is 11.1. The van der Waals surface area contributed by atoms with Gasteiger partial charge in [-0.3, -0.25) is 4.79 Å². The molecule has 1 amide bonds. The predicted molar refractivity (Wildman–Crippen MR) is 178 cm³/mol. The largest absolute Gasteiger partial charge is 0.491 e. The number of amides is 1. The topological polar surface area (TPSA) is 66.1 Å². The van der Waals surface area contributed by atoms with Crippen LogP contribution in [0.15, 0.2) is 71.6 Å². The molecule has 0 radical (unpaired) electrons. The maximum Gasteiger partial charge on any atom is 0.251 e. The van der Waals surface area contributed by atoms with Crippen LogP contribution >= 0.6 is 0 Å². The second kappa shape index (κ2) is 14.8. The lowest BCUT2D eigenvalue weighted by Gasteiger charge is -2.40. The van der Waals surface area contributed by atoms with Gasteiger partial charge in [-0.15, -0.1) is 0 Å². The number of rotatable bonds is 12. The van der Waals surface area contributed by atoms with E-state index in [1.807, 2.05) is 25.1 Å². The summed E-state index contributed by atoms with van der Waals surface area (Å²) in [4.78, 5) is 18.8. The minimum Gasteiger partial charge on any atom is -0.491 e. The van der Waals surface area contributed by atoms with Gasteiger partial charge in [0.15, 0.2) is 0 Å². The van der Waals surface area contributed by atoms with E-state index in [1.54, 1.807) is 7.11 Å². The van der Waals surface area contributed by atoms with Crippen molar-refractivity contribution in [3.05, 3.63) is 82.7 Å². The lowest BCUT2D eigenvalue weighted by atomic mass is 9.88. The van der Waals surface area contributed by atoms with Crippen LogP contribution in [0.3, 0.4) is 0 Å². The monoisotopic (exact) mass is 586 g/mol. The zero-order valence-corrected chi connectivity index (χ0v) is 27.2. The lowest BCUT2D eigenvalue weighted by molar-refractivity contribution is 0.0956. The Morgan fingerprint density at radius 1 is 1.00 bits per heavy atom. The number of hydrogen-bond acceptors (Lipinski definition) is 6. The number of benzene rings is 2. The average molecular weight is 587 g/mol. The van der Waals surface area contributed by atoms with Gasteiger partial charge in [-0.05, 0) is 126 Å². The van der Waals surface area contributed by atoms with Crippen LogP contribution < -0.4 is 20.3 Å². The first-order chi connectivity index (χ1) is 20.6. The third-order valence-corrected chi connectivity index (χ3v) is 8.90. The number of dihydropyridines is 1. The van der Waals surface area contributed by atoms with Gasteiger partial charge >= 0.3 is 0 Å². The number of hydrogen-bond donors (Lipinski definition) is 2. The first-order valence-electron chi connectivity index (χ1n) is 15.5. The van der Waals surface area contributed by atoms with Crippen molar-refractivity contribution in [3.63, 3.8) is 0 Å². The molecule has 1 aliphatic heterocycles. The molecule has 0 atom stereocenters. The van der Waals surface area contributed by atoms with Crippen molar-refractivity contribution in [3.8, 4) is 16.9 Å². The van der Waals surface area contributed by atoms with Gasteiger partial charge < -0.3 is 29.9 Å². The highest BCUT2D eigenvalue weighted by Gasteiger charge is 2.28. The summed E-state index contributed by atoms with van der Waals surface area (Å²) in [5, 5.41) is 6.50. The zero-order chi connectivity index (χ0) is 31.1. The summed E-state index contributed by atoms with van der Waals surface area (Å²) in [6.07, 6.45) is 6.75. The summed E-state index contributed by atoms with van der Waals surface area (Å²) in [5.74, 6) is 0.722. The minimum atomic E-state index is -0.0770. The summed E-state index contributed by atoms with van der Waals surface area (Å²) in [6.45, 7) is 14.9. The van der Waals surface area contributed by atoms with Gasteiger partial charge in [-0.25, -0.2) is 0 Å². The molecule has 2 aromatic carbocycles. The Morgan fingerprint density at radius 2 is 1.67 bits per heavy atom. The van der Waals surface area contributed by atoms with E-state index < -0.39 is 0 Å². The van der Waals surface area contributed by atoms with E-state index in [1.165, 1.54) is 12.8 Å². The molecule has 7 heteroatoms. The second-order valence-corrected chi connectivity index (χ2v) is 12.0. The van der Waals surface area contributed by atoms with Crippen molar-refractivity contribution in [2.75, 3.05) is 52.4 Å². The number of carbonyl (C=O) groups excluding carboxylic acids is 1. The second-order valence-electron chi connectivity index (χ2n) is 12.0. The number of anilines is 1. The van der Waals surface area contributed by atoms with Gasteiger partial charge in [0.25, 0.3) is 5.91 Å². The molecule has 0 spiro atoms. The Hall–Kier alpha value is -3.55. The summed E-state index contributed by atoms with van der Waals surface area (Å²) in [5.41, 5.74) is 8.94. The molecule has 7 nitrogen and oxygen atoms in total. The van der Waals surface area contributed by atoms with Gasteiger partial charge in [0.05, 0.1) is 6.61 Å². The van der Waals surface area contributed by atoms with Crippen molar-refractivity contribution < 1.29 is 14.3 Å². The van der Waals surface area contributed by atoms with Gasteiger partial charge in [0.2, 0.25) is 0 Å². The van der Waals surface area contributed by atoms with Crippen LogP contribution in [0, 0.1) is 6.92 Å².